The molecule has 0 bridgehead atoms. The van der Waals surface area contributed by atoms with Crippen LogP contribution in [0.4, 0.5) is 13.2 Å². The largest absolute Gasteiger partial charge is 0.573 e. The second-order valence-corrected chi connectivity index (χ2v) is 8.15. The molecular formula is C29H22F3N3O3. The Hall–Kier alpha value is -4.84. The number of ether oxygens (including phenoxy) is 2. The van der Waals surface area contributed by atoms with Gasteiger partial charge in [0.05, 0.1) is 23.7 Å². The van der Waals surface area contributed by atoms with Gasteiger partial charge in [-0.15, -0.1) is 13.2 Å². The SMILES string of the molecule is N#CCCNC(=O)C(=Cc1ccc(OC(F)(F)F)cc1)c1ccc(OCc2ccc3ccccc3n2)cc1. The molecule has 0 unspecified atom stereocenters. The zero-order valence-electron chi connectivity index (χ0n) is 20.0. The average Bonchev–Trinajstić information content (AvgIpc) is 2.91. The fourth-order valence-corrected chi connectivity index (χ4v) is 3.62. The third-order valence-corrected chi connectivity index (χ3v) is 5.40. The minimum atomic E-state index is -4.79. The van der Waals surface area contributed by atoms with Crippen LogP contribution in [0.15, 0.2) is 84.9 Å². The summed E-state index contributed by atoms with van der Waals surface area (Å²) >= 11 is 0. The van der Waals surface area contributed by atoms with Crippen LogP contribution in [0.1, 0.15) is 23.2 Å². The van der Waals surface area contributed by atoms with Gasteiger partial charge in [-0.3, -0.25) is 4.79 Å². The van der Waals surface area contributed by atoms with Crippen molar-refractivity contribution in [3.8, 4) is 17.6 Å². The van der Waals surface area contributed by atoms with Crippen molar-refractivity contribution in [3.63, 3.8) is 0 Å². The van der Waals surface area contributed by atoms with E-state index in [2.05, 4.69) is 15.0 Å². The average molecular weight is 518 g/mol. The normalized spacial score (nSPS) is 11.6. The molecule has 0 saturated heterocycles. The van der Waals surface area contributed by atoms with E-state index in [0.717, 1.165) is 16.6 Å². The number of para-hydroxylation sites is 1. The van der Waals surface area contributed by atoms with Gasteiger partial charge in [0.25, 0.3) is 5.91 Å². The monoisotopic (exact) mass is 517 g/mol. The van der Waals surface area contributed by atoms with Crippen LogP contribution in [-0.2, 0) is 11.4 Å². The lowest BCUT2D eigenvalue weighted by Gasteiger charge is -2.11. The number of nitrogens with zero attached hydrogens (tertiary/aromatic N) is 2. The molecule has 1 heterocycles. The Kier molecular flexibility index (Phi) is 8.23. The van der Waals surface area contributed by atoms with Gasteiger partial charge in [0, 0.05) is 17.5 Å². The number of nitrogens with one attached hydrogen (secondary N) is 1. The molecule has 3 aromatic carbocycles. The summed E-state index contributed by atoms with van der Waals surface area (Å²) in [5, 5.41) is 12.5. The number of alkyl halides is 3. The van der Waals surface area contributed by atoms with Crippen molar-refractivity contribution in [2.45, 2.75) is 19.4 Å². The number of aromatic nitrogens is 1. The summed E-state index contributed by atoms with van der Waals surface area (Å²) in [6.07, 6.45) is -3.11. The lowest BCUT2D eigenvalue weighted by atomic mass is 10.0. The van der Waals surface area contributed by atoms with Crippen molar-refractivity contribution in [1.29, 1.82) is 5.26 Å². The summed E-state index contributed by atoms with van der Waals surface area (Å²) in [5.41, 5.74) is 2.97. The van der Waals surface area contributed by atoms with E-state index in [1.54, 1.807) is 30.3 Å². The number of rotatable bonds is 9. The van der Waals surface area contributed by atoms with Gasteiger partial charge in [-0.2, -0.15) is 5.26 Å². The zero-order chi connectivity index (χ0) is 27.0. The topological polar surface area (TPSA) is 84.2 Å². The molecule has 1 aromatic heterocycles. The number of halogens is 3. The number of hydrogen-bond donors (Lipinski definition) is 1. The smallest absolute Gasteiger partial charge is 0.487 e. The van der Waals surface area contributed by atoms with E-state index < -0.39 is 12.3 Å². The van der Waals surface area contributed by atoms with Crippen LogP contribution in [0.25, 0.3) is 22.6 Å². The second kappa shape index (κ2) is 11.9. The van der Waals surface area contributed by atoms with E-state index in [9.17, 15) is 18.0 Å². The van der Waals surface area contributed by atoms with Crippen LogP contribution in [-0.4, -0.2) is 23.8 Å². The van der Waals surface area contributed by atoms with E-state index in [0.29, 0.717) is 16.9 Å². The first kappa shape index (κ1) is 26.2. The lowest BCUT2D eigenvalue weighted by Crippen LogP contribution is -2.25. The predicted molar refractivity (Wildman–Crippen MR) is 137 cm³/mol. The molecule has 0 saturated carbocycles. The Bertz CT molecular complexity index is 1480. The van der Waals surface area contributed by atoms with Crippen molar-refractivity contribution in [3.05, 3.63) is 102 Å². The summed E-state index contributed by atoms with van der Waals surface area (Å²) in [6.45, 7) is 0.416. The zero-order valence-corrected chi connectivity index (χ0v) is 20.0. The molecule has 38 heavy (non-hydrogen) atoms. The van der Waals surface area contributed by atoms with Crippen molar-refractivity contribution < 1.29 is 27.4 Å². The van der Waals surface area contributed by atoms with Crippen LogP contribution in [0, 0.1) is 11.3 Å². The molecule has 0 radical (unpaired) electrons. The van der Waals surface area contributed by atoms with Crippen molar-refractivity contribution in [1.82, 2.24) is 10.3 Å². The predicted octanol–water partition coefficient (Wildman–Crippen LogP) is 6.28. The van der Waals surface area contributed by atoms with E-state index in [1.807, 2.05) is 42.5 Å². The summed E-state index contributed by atoms with van der Waals surface area (Å²) in [7, 11) is 0. The van der Waals surface area contributed by atoms with Gasteiger partial charge in [-0.05, 0) is 53.6 Å². The number of amides is 1. The Labute approximate surface area is 217 Å². The molecule has 0 aliphatic carbocycles. The Balaban J connectivity index is 1.51. The fraction of sp³-hybridized carbons (Fsp3) is 0.138. The molecule has 0 aliphatic heterocycles. The number of fused-ring (bicyclic) bond motifs is 1. The van der Waals surface area contributed by atoms with Crippen LogP contribution in [0.5, 0.6) is 11.5 Å². The highest BCUT2D eigenvalue weighted by Crippen LogP contribution is 2.26. The minimum Gasteiger partial charge on any atom is -0.487 e. The first-order valence-corrected chi connectivity index (χ1v) is 11.6. The highest BCUT2D eigenvalue weighted by atomic mass is 19.4. The summed E-state index contributed by atoms with van der Waals surface area (Å²) < 4.78 is 47.1. The molecule has 0 aliphatic rings. The molecule has 1 N–H and O–H groups in total. The number of benzene rings is 3. The van der Waals surface area contributed by atoms with Crippen LogP contribution < -0.4 is 14.8 Å². The van der Waals surface area contributed by atoms with Crippen molar-refractivity contribution >= 4 is 28.5 Å². The highest BCUT2D eigenvalue weighted by Gasteiger charge is 2.30. The maximum absolute atomic E-state index is 12.9. The number of carbonyl (C=O) groups excluding carboxylic acids is 1. The quantitative estimate of drug-likeness (QED) is 0.160. The maximum Gasteiger partial charge on any atom is 0.573 e. The fourth-order valence-electron chi connectivity index (χ4n) is 3.62. The number of carbonyl (C=O) groups is 1. The van der Waals surface area contributed by atoms with E-state index in [4.69, 9.17) is 10.00 Å². The molecular weight excluding hydrogens is 495 g/mol. The van der Waals surface area contributed by atoms with Gasteiger partial charge in [0.2, 0.25) is 0 Å². The number of hydrogen-bond acceptors (Lipinski definition) is 5. The third kappa shape index (κ3) is 7.34. The van der Waals surface area contributed by atoms with E-state index in [1.165, 1.54) is 24.3 Å². The molecule has 4 rings (SSSR count). The highest BCUT2D eigenvalue weighted by molar-refractivity contribution is 6.24. The van der Waals surface area contributed by atoms with Gasteiger partial charge >= 0.3 is 6.36 Å². The molecule has 4 aromatic rings. The van der Waals surface area contributed by atoms with Crippen molar-refractivity contribution in [2.24, 2.45) is 0 Å². The Morgan fingerprint density at radius 3 is 2.37 bits per heavy atom. The minimum absolute atomic E-state index is 0.137. The van der Waals surface area contributed by atoms with Crippen LogP contribution in [0.3, 0.4) is 0 Å². The van der Waals surface area contributed by atoms with Crippen molar-refractivity contribution in [2.75, 3.05) is 6.54 Å². The van der Waals surface area contributed by atoms with Gasteiger partial charge in [-0.1, -0.05) is 48.5 Å². The van der Waals surface area contributed by atoms with Gasteiger partial charge < -0.3 is 14.8 Å². The summed E-state index contributed by atoms with van der Waals surface area (Å²) in [4.78, 5) is 17.5. The lowest BCUT2D eigenvalue weighted by molar-refractivity contribution is -0.274. The first-order chi connectivity index (χ1) is 18.3. The van der Waals surface area contributed by atoms with E-state index in [-0.39, 0.29) is 30.9 Å². The second-order valence-electron chi connectivity index (χ2n) is 8.15. The number of nitriles is 1. The van der Waals surface area contributed by atoms with Gasteiger partial charge in [0.15, 0.2) is 0 Å². The Morgan fingerprint density at radius 1 is 0.947 bits per heavy atom. The van der Waals surface area contributed by atoms with Crippen LogP contribution >= 0.6 is 0 Å². The van der Waals surface area contributed by atoms with E-state index >= 15 is 0 Å². The Morgan fingerprint density at radius 2 is 1.66 bits per heavy atom. The molecule has 192 valence electrons. The molecule has 9 heteroatoms. The molecule has 0 fully saturated rings. The molecule has 0 atom stereocenters. The van der Waals surface area contributed by atoms with Gasteiger partial charge in [0.1, 0.15) is 18.1 Å². The first-order valence-electron chi connectivity index (χ1n) is 11.6. The summed E-state index contributed by atoms with van der Waals surface area (Å²) in [5.74, 6) is -0.219. The molecule has 0 spiro atoms. The maximum atomic E-state index is 12.9. The summed E-state index contributed by atoms with van der Waals surface area (Å²) in [6, 6.07) is 25.6. The molecule has 1 amide bonds. The van der Waals surface area contributed by atoms with Crippen LogP contribution in [0.2, 0.25) is 0 Å². The standard InChI is InChI=1S/C29H22F3N3O3/c30-29(31,32)38-25-12-6-20(7-13-25)18-26(28(36)34-17-3-16-33)21-9-14-24(15-10-21)37-19-23-11-8-22-4-1-2-5-27(22)35-23/h1-2,4-15,18H,3,17,19H2,(H,34,36). The molecule has 6 nitrogen and oxygen atoms in total. The van der Waals surface area contributed by atoms with Gasteiger partial charge in [-0.25, -0.2) is 4.98 Å². The third-order valence-electron chi connectivity index (χ3n) is 5.40. The number of pyridine rings is 1.